The van der Waals surface area contributed by atoms with Gasteiger partial charge in [-0.15, -0.1) is 10.2 Å². The second kappa shape index (κ2) is 11.2. The van der Waals surface area contributed by atoms with Gasteiger partial charge < -0.3 is 10.1 Å². The smallest absolute Gasteiger partial charge is 0.216 e. The molecule has 0 radical (unpaired) electrons. The Morgan fingerprint density at radius 1 is 1.16 bits per heavy atom. The average molecular weight is 558 g/mol. The molecule has 0 fully saturated rings. The molecule has 0 unspecified atom stereocenters. The first-order chi connectivity index (χ1) is 15.3. The lowest BCUT2D eigenvalue weighted by molar-refractivity contribution is -0.118. The molecule has 0 saturated carbocycles. The average Bonchev–Trinajstić information content (AvgIpc) is 3.13. The number of aromatic nitrogens is 3. The Hall–Kier alpha value is -2.07. The summed E-state index contributed by atoms with van der Waals surface area (Å²) in [6.07, 6.45) is 0.441. The molecule has 1 amide bonds. The minimum atomic E-state index is -0.132. The fraction of sp³-hybridized carbons (Fsp3) is 0.238. The van der Waals surface area contributed by atoms with Gasteiger partial charge in [0.25, 0.3) is 0 Å². The van der Waals surface area contributed by atoms with E-state index in [0.29, 0.717) is 55.5 Å². The molecular weight excluding hydrogens is 539 g/mol. The number of hydrogen-bond donors (Lipinski definition) is 1. The molecule has 1 heterocycles. The number of benzene rings is 2. The number of halogens is 3. The minimum Gasteiger partial charge on any atom is -0.496 e. The molecule has 0 aliphatic heterocycles. The van der Waals surface area contributed by atoms with Gasteiger partial charge >= 0.3 is 0 Å². The first kappa shape index (κ1) is 24.6. The van der Waals surface area contributed by atoms with Crippen LogP contribution in [0.4, 0.5) is 0 Å². The van der Waals surface area contributed by atoms with Crippen molar-refractivity contribution in [1.82, 2.24) is 20.1 Å². The van der Waals surface area contributed by atoms with Crippen molar-refractivity contribution in [2.75, 3.05) is 19.4 Å². The van der Waals surface area contributed by atoms with Gasteiger partial charge in [0.05, 0.1) is 23.0 Å². The lowest BCUT2D eigenvalue weighted by atomic mass is 10.1. The van der Waals surface area contributed by atoms with Crippen LogP contribution in [0.3, 0.4) is 0 Å². The summed E-state index contributed by atoms with van der Waals surface area (Å²) in [5.41, 5.74) is 1.22. The molecule has 1 aromatic heterocycles. The van der Waals surface area contributed by atoms with E-state index < -0.39 is 0 Å². The van der Waals surface area contributed by atoms with Crippen molar-refractivity contribution < 1.29 is 14.3 Å². The SMILES string of the molecule is COc1ccc(C(=O)CSc2nnc(CCNC(C)=O)n2-c2cc(Cl)cc(Cl)c2)cc1Br. The summed E-state index contributed by atoms with van der Waals surface area (Å²) < 4.78 is 7.70. The Bertz CT molecular complexity index is 1140. The Balaban J connectivity index is 1.85. The summed E-state index contributed by atoms with van der Waals surface area (Å²) in [6, 6.07) is 10.3. The number of nitrogens with zero attached hydrogens (tertiary/aromatic N) is 3. The molecule has 168 valence electrons. The van der Waals surface area contributed by atoms with Crippen molar-refractivity contribution in [2.45, 2.75) is 18.5 Å². The third-order valence-electron chi connectivity index (χ3n) is 4.33. The zero-order valence-corrected chi connectivity index (χ0v) is 21.1. The summed E-state index contributed by atoms with van der Waals surface area (Å²) in [7, 11) is 1.57. The van der Waals surface area contributed by atoms with Gasteiger partial charge in [-0.25, -0.2) is 0 Å². The summed E-state index contributed by atoms with van der Waals surface area (Å²) in [5.74, 6) is 1.20. The molecule has 0 aliphatic carbocycles. The Labute approximate surface area is 208 Å². The quantitative estimate of drug-likeness (QED) is 0.294. The summed E-state index contributed by atoms with van der Waals surface area (Å²) in [6.45, 7) is 1.84. The number of amides is 1. The topological polar surface area (TPSA) is 86.1 Å². The van der Waals surface area contributed by atoms with Crippen LogP contribution in [-0.4, -0.2) is 45.9 Å². The number of ketones is 1. The van der Waals surface area contributed by atoms with E-state index in [1.165, 1.54) is 18.7 Å². The van der Waals surface area contributed by atoms with E-state index >= 15 is 0 Å². The van der Waals surface area contributed by atoms with E-state index in [-0.39, 0.29) is 17.4 Å². The fourth-order valence-electron chi connectivity index (χ4n) is 2.89. The largest absolute Gasteiger partial charge is 0.496 e. The van der Waals surface area contributed by atoms with Gasteiger partial charge in [-0.1, -0.05) is 35.0 Å². The maximum absolute atomic E-state index is 12.8. The number of hydrogen-bond acceptors (Lipinski definition) is 6. The zero-order chi connectivity index (χ0) is 23.3. The molecule has 0 atom stereocenters. The van der Waals surface area contributed by atoms with E-state index in [1.807, 2.05) is 0 Å². The number of rotatable bonds is 9. The van der Waals surface area contributed by atoms with Crippen molar-refractivity contribution in [3.63, 3.8) is 0 Å². The van der Waals surface area contributed by atoms with Gasteiger partial charge in [-0.2, -0.15) is 0 Å². The molecule has 7 nitrogen and oxygen atoms in total. The Morgan fingerprint density at radius 3 is 2.50 bits per heavy atom. The monoisotopic (exact) mass is 556 g/mol. The van der Waals surface area contributed by atoms with Crippen LogP contribution in [0.15, 0.2) is 46.0 Å². The molecule has 3 rings (SSSR count). The van der Waals surface area contributed by atoms with Crippen LogP contribution in [0.2, 0.25) is 10.0 Å². The predicted octanol–water partition coefficient (Wildman–Crippen LogP) is 5.00. The number of carbonyl (C=O) groups excluding carboxylic acids is 2. The first-order valence-electron chi connectivity index (χ1n) is 9.43. The maximum atomic E-state index is 12.8. The van der Waals surface area contributed by atoms with Crippen molar-refractivity contribution in [3.8, 4) is 11.4 Å². The van der Waals surface area contributed by atoms with Crippen LogP contribution in [0.1, 0.15) is 23.1 Å². The number of ether oxygens (including phenoxy) is 1. The van der Waals surface area contributed by atoms with Gasteiger partial charge in [-0.05, 0) is 52.3 Å². The first-order valence-corrected chi connectivity index (χ1v) is 12.0. The van der Waals surface area contributed by atoms with Crippen LogP contribution >= 0.6 is 50.9 Å². The molecule has 1 N–H and O–H groups in total. The number of methoxy groups -OCH3 is 1. The third kappa shape index (κ3) is 6.25. The van der Waals surface area contributed by atoms with E-state index in [0.717, 1.165) is 0 Å². The molecule has 0 saturated heterocycles. The van der Waals surface area contributed by atoms with Crippen molar-refractivity contribution in [3.05, 3.63) is 62.3 Å². The maximum Gasteiger partial charge on any atom is 0.216 e. The van der Waals surface area contributed by atoms with Crippen LogP contribution in [0, 0.1) is 0 Å². The molecule has 3 aromatic rings. The predicted molar refractivity (Wildman–Crippen MR) is 130 cm³/mol. The molecule has 2 aromatic carbocycles. The third-order valence-corrected chi connectivity index (χ3v) is 6.32. The van der Waals surface area contributed by atoms with Gasteiger partial charge in [0.2, 0.25) is 5.91 Å². The number of carbonyl (C=O) groups is 2. The Kier molecular flexibility index (Phi) is 8.58. The lowest BCUT2D eigenvalue weighted by Gasteiger charge is -2.11. The van der Waals surface area contributed by atoms with E-state index in [9.17, 15) is 9.59 Å². The number of nitrogens with one attached hydrogen (secondary N) is 1. The highest BCUT2D eigenvalue weighted by atomic mass is 79.9. The summed E-state index contributed by atoms with van der Waals surface area (Å²) in [5, 5.41) is 12.7. The van der Waals surface area contributed by atoms with Crippen molar-refractivity contribution in [2.24, 2.45) is 0 Å². The highest BCUT2D eigenvalue weighted by molar-refractivity contribution is 9.10. The fourth-order valence-corrected chi connectivity index (χ4v) is 4.81. The van der Waals surface area contributed by atoms with Gasteiger partial charge in [0.1, 0.15) is 11.6 Å². The molecule has 0 spiro atoms. The summed E-state index contributed by atoms with van der Waals surface area (Å²) >= 11 is 17.0. The van der Waals surface area contributed by atoms with E-state index in [4.69, 9.17) is 27.9 Å². The van der Waals surface area contributed by atoms with Gasteiger partial charge in [-0.3, -0.25) is 14.2 Å². The van der Waals surface area contributed by atoms with Crippen LogP contribution in [0.5, 0.6) is 5.75 Å². The van der Waals surface area contributed by atoms with Gasteiger partial charge in [0, 0.05) is 35.5 Å². The lowest BCUT2D eigenvalue weighted by Crippen LogP contribution is -2.23. The van der Waals surface area contributed by atoms with Crippen molar-refractivity contribution >= 4 is 62.6 Å². The van der Waals surface area contributed by atoms with Gasteiger partial charge in [0.15, 0.2) is 10.9 Å². The number of Topliss-reactive ketones (excluding diaryl/α,β-unsaturated/α-hetero) is 1. The second-order valence-electron chi connectivity index (χ2n) is 6.66. The standard InChI is InChI=1S/C21H19BrCl2N4O3S/c1-12(29)25-6-5-20-26-27-21(28(20)16-9-14(23)8-15(24)10-16)32-11-18(30)13-3-4-19(31-2)17(22)7-13/h3-4,7-10H,5-6,11H2,1-2H3,(H,25,29). The molecule has 11 heteroatoms. The van der Waals surface area contributed by atoms with Crippen LogP contribution in [-0.2, 0) is 11.2 Å². The van der Waals surface area contributed by atoms with Crippen LogP contribution in [0.25, 0.3) is 5.69 Å². The van der Waals surface area contributed by atoms with E-state index in [1.54, 1.807) is 48.1 Å². The van der Waals surface area contributed by atoms with E-state index in [2.05, 4.69) is 31.4 Å². The van der Waals surface area contributed by atoms with Crippen LogP contribution < -0.4 is 10.1 Å². The molecular formula is C21H19BrCl2N4O3S. The molecule has 32 heavy (non-hydrogen) atoms. The summed E-state index contributed by atoms with van der Waals surface area (Å²) in [4.78, 5) is 24.0. The zero-order valence-electron chi connectivity index (χ0n) is 17.2. The Morgan fingerprint density at radius 2 is 1.88 bits per heavy atom. The normalized spacial score (nSPS) is 10.8. The number of thioether (sulfide) groups is 1. The van der Waals surface area contributed by atoms with Crippen molar-refractivity contribution in [1.29, 1.82) is 0 Å². The minimum absolute atomic E-state index is 0.0724. The second-order valence-corrected chi connectivity index (χ2v) is 9.33. The highest BCUT2D eigenvalue weighted by Gasteiger charge is 2.18. The molecule has 0 aliphatic rings. The highest BCUT2D eigenvalue weighted by Crippen LogP contribution is 2.29. The molecule has 0 bridgehead atoms.